The van der Waals surface area contributed by atoms with E-state index in [9.17, 15) is 0 Å². The van der Waals surface area contributed by atoms with Crippen LogP contribution in [-0.2, 0) is 13.1 Å². The van der Waals surface area contributed by atoms with Gasteiger partial charge in [-0.3, -0.25) is 9.67 Å². The molecule has 0 radical (unpaired) electrons. The summed E-state index contributed by atoms with van der Waals surface area (Å²) in [4.78, 5) is 4.52. The number of aryl methyl sites for hydroxylation is 1. The number of nitrogens with one attached hydrogen (secondary N) is 1. The minimum atomic E-state index is 0.673. The number of hydrogen-bond acceptors (Lipinski definition) is 4. The van der Waals surface area contributed by atoms with Crippen molar-refractivity contribution in [2.45, 2.75) is 45.8 Å². The van der Waals surface area contributed by atoms with Gasteiger partial charge in [-0.15, -0.1) is 0 Å². The van der Waals surface area contributed by atoms with Crippen molar-refractivity contribution in [2.75, 3.05) is 7.11 Å². The molecule has 3 rings (SSSR count). The van der Waals surface area contributed by atoms with Gasteiger partial charge >= 0.3 is 0 Å². The molecule has 1 aliphatic carbocycles. The summed E-state index contributed by atoms with van der Waals surface area (Å²) in [6.45, 7) is 5.58. The lowest BCUT2D eigenvalue weighted by Crippen LogP contribution is -2.16. The Hall–Kier alpha value is -1.88. The van der Waals surface area contributed by atoms with E-state index in [0.29, 0.717) is 12.6 Å². The number of rotatable bonds is 6. The van der Waals surface area contributed by atoms with Crippen LogP contribution in [0.25, 0.3) is 0 Å². The lowest BCUT2D eigenvalue weighted by Gasteiger charge is -2.12. The van der Waals surface area contributed by atoms with E-state index in [0.717, 1.165) is 34.8 Å². The van der Waals surface area contributed by atoms with Crippen LogP contribution in [-0.4, -0.2) is 27.9 Å². The van der Waals surface area contributed by atoms with E-state index in [1.807, 2.05) is 30.9 Å². The van der Waals surface area contributed by atoms with Crippen LogP contribution in [0.3, 0.4) is 0 Å². The molecule has 0 aromatic carbocycles. The van der Waals surface area contributed by atoms with E-state index in [1.54, 1.807) is 7.11 Å². The highest BCUT2D eigenvalue weighted by Crippen LogP contribution is 2.24. The fourth-order valence-corrected chi connectivity index (χ4v) is 2.51. The van der Waals surface area contributed by atoms with Crippen LogP contribution in [0.5, 0.6) is 5.75 Å². The predicted octanol–water partition coefficient (Wildman–Crippen LogP) is 2.20. The molecule has 0 unspecified atom stereocenters. The fraction of sp³-hybridized carbons (Fsp3) is 0.500. The van der Waals surface area contributed by atoms with Crippen LogP contribution >= 0.6 is 0 Å². The van der Waals surface area contributed by atoms with Gasteiger partial charge in [-0.2, -0.15) is 5.10 Å². The second kappa shape index (κ2) is 5.85. The molecule has 1 N–H and O–H groups in total. The third-order valence-electron chi connectivity index (χ3n) is 3.91. The topological polar surface area (TPSA) is 52.0 Å². The summed E-state index contributed by atoms with van der Waals surface area (Å²) in [5.41, 5.74) is 4.24. The molecule has 5 heteroatoms. The largest absolute Gasteiger partial charge is 0.496 e. The van der Waals surface area contributed by atoms with Gasteiger partial charge in [0.2, 0.25) is 0 Å². The summed E-state index contributed by atoms with van der Waals surface area (Å²) in [5.74, 6) is 0.919. The Balaban J connectivity index is 1.71. The van der Waals surface area contributed by atoms with E-state index in [2.05, 4.69) is 21.5 Å². The van der Waals surface area contributed by atoms with Gasteiger partial charge in [0.1, 0.15) is 5.75 Å². The molecule has 0 amide bonds. The first-order valence-corrected chi connectivity index (χ1v) is 7.42. The summed E-state index contributed by atoms with van der Waals surface area (Å²) in [5, 5.41) is 8.07. The molecule has 21 heavy (non-hydrogen) atoms. The first-order valence-electron chi connectivity index (χ1n) is 7.42. The fourth-order valence-electron chi connectivity index (χ4n) is 2.51. The quantitative estimate of drug-likeness (QED) is 0.884. The molecule has 1 aliphatic rings. The van der Waals surface area contributed by atoms with Gasteiger partial charge in [0.25, 0.3) is 0 Å². The van der Waals surface area contributed by atoms with Gasteiger partial charge in [0, 0.05) is 36.1 Å². The van der Waals surface area contributed by atoms with Crippen molar-refractivity contribution in [1.82, 2.24) is 20.1 Å². The lowest BCUT2D eigenvalue weighted by molar-refractivity contribution is 0.406. The van der Waals surface area contributed by atoms with Crippen molar-refractivity contribution in [2.24, 2.45) is 0 Å². The Kier molecular flexibility index (Phi) is 3.92. The van der Waals surface area contributed by atoms with E-state index in [1.165, 1.54) is 12.8 Å². The maximum absolute atomic E-state index is 5.45. The highest BCUT2D eigenvalue weighted by molar-refractivity contribution is 5.41. The Labute approximate surface area is 125 Å². The predicted molar refractivity (Wildman–Crippen MR) is 81.5 cm³/mol. The Morgan fingerprint density at radius 2 is 2.19 bits per heavy atom. The molecular weight excluding hydrogens is 264 g/mol. The molecule has 2 heterocycles. The van der Waals surface area contributed by atoms with Crippen molar-refractivity contribution < 1.29 is 4.74 Å². The normalized spacial score (nSPS) is 14.4. The maximum atomic E-state index is 5.45. The smallest absolute Gasteiger partial charge is 0.128 e. The van der Waals surface area contributed by atoms with Crippen LogP contribution in [0.2, 0.25) is 0 Å². The first kappa shape index (κ1) is 14.1. The van der Waals surface area contributed by atoms with Crippen LogP contribution < -0.4 is 10.1 Å². The zero-order chi connectivity index (χ0) is 14.8. The molecular formula is C16H22N4O. The average molecular weight is 286 g/mol. The molecule has 5 nitrogen and oxygen atoms in total. The third kappa shape index (κ3) is 3.24. The molecule has 0 aliphatic heterocycles. The number of hydrogen-bond donors (Lipinski definition) is 1. The standard InChI is InChI=1S/C16H22N4O/c1-11-8-18-15(12(2)16(11)21-3)10-20-7-6-14(19-20)9-17-13-4-5-13/h6-8,13,17H,4-5,9-10H2,1-3H3. The molecule has 112 valence electrons. The summed E-state index contributed by atoms with van der Waals surface area (Å²) < 4.78 is 7.39. The summed E-state index contributed by atoms with van der Waals surface area (Å²) in [6.07, 6.45) is 6.47. The van der Waals surface area contributed by atoms with Crippen LogP contribution in [0.1, 0.15) is 35.4 Å². The summed E-state index contributed by atoms with van der Waals surface area (Å²) in [7, 11) is 1.70. The van der Waals surface area contributed by atoms with E-state index >= 15 is 0 Å². The second-order valence-electron chi connectivity index (χ2n) is 5.71. The second-order valence-corrected chi connectivity index (χ2v) is 5.71. The van der Waals surface area contributed by atoms with Crippen molar-refractivity contribution in [3.05, 3.63) is 41.0 Å². The van der Waals surface area contributed by atoms with E-state index < -0.39 is 0 Å². The maximum Gasteiger partial charge on any atom is 0.128 e. The zero-order valence-electron chi connectivity index (χ0n) is 12.9. The summed E-state index contributed by atoms with van der Waals surface area (Å²) in [6, 6.07) is 2.77. The molecule has 0 atom stereocenters. The van der Waals surface area contributed by atoms with Crippen molar-refractivity contribution >= 4 is 0 Å². The number of methoxy groups -OCH3 is 1. The first-order chi connectivity index (χ1) is 10.2. The molecule has 0 saturated heterocycles. The van der Waals surface area contributed by atoms with Crippen molar-refractivity contribution in [3.8, 4) is 5.75 Å². The molecule has 0 bridgehead atoms. The molecule has 1 saturated carbocycles. The number of nitrogens with zero attached hydrogens (tertiary/aromatic N) is 3. The van der Waals surface area contributed by atoms with Crippen molar-refractivity contribution in [1.29, 1.82) is 0 Å². The summed E-state index contributed by atoms with van der Waals surface area (Å²) >= 11 is 0. The molecule has 2 aromatic rings. The highest BCUT2D eigenvalue weighted by atomic mass is 16.5. The number of pyridine rings is 1. The molecule has 1 fully saturated rings. The monoisotopic (exact) mass is 286 g/mol. The van der Waals surface area contributed by atoms with E-state index in [-0.39, 0.29) is 0 Å². The average Bonchev–Trinajstić information content (AvgIpc) is 3.20. The highest BCUT2D eigenvalue weighted by Gasteiger charge is 2.20. The van der Waals surface area contributed by atoms with Gasteiger partial charge in [-0.05, 0) is 32.8 Å². The van der Waals surface area contributed by atoms with Crippen LogP contribution in [0.15, 0.2) is 18.5 Å². The Morgan fingerprint density at radius 3 is 2.90 bits per heavy atom. The Morgan fingerprint density at radius 1 is 1.38 bits per heavy atom. The van der Waals surface area contributed by atoms with Gasteiger partial charge < -0.3 is 10.1 Å². The number of aromatic nitrogens is 3. The molecule has 2 aromatic heterocycles. The van der Waals surface area contributed by atoms with Crippen LogP contribution in [0, 0.1) is 13.8 Å². The third-order valence-corrected chi connectivity index (χ3v) is 3.91. The number of ether oxygens (including phenoxy) is 1. The minimum absolute atomic E-state index is 0.673. The van der Waals surface area contributed by atoms with Gasteiger partial charge in [0.05, 0.1) is 25.0 Å². The minimum Gasteiger partial charge on any atom is -0.496 e. The van der Waals surface area contributed by atoms with Crippen LogP contribution in [0.4, 0.5) is 0 Å². The lowest BCUT2D eigenvalue weighted by atomic mass is 10.1. The van der Waals surface area contributed by atoms with Gasteiger partial charge in [-0.1, -0.05) is 0 Å². The van der Waals surface area contributed by atoms with Gasteiger partial charge in [-0.25, -0.2) is 0 Å². The Bertz CT molecular complexity index is 631. The SMILES string of the molecule is COc1c(C)cnc(Cn2ccc(CNC3CC3)n2)c1C. The van der Waals surface area contributed by atoms with Gasteiger partial charge in [0.15, 0.2) is 0 Å². The zero-order valence-corrected chi connectivity index (χ0v) is 12.9. The van der Waals surface area contributed by atoms with Crippen molar-refractivity contribution in [3.63, 3.8) is 0 Å². The molecule has 0 spiro atoms. The van der Waals surface area contributed by atoms with E-state index in [4.69, 9.17) is 4.74 Å².